The normalized spacial score (nSPS) is 11.2. The van der Waals surface area contributed by atoms with Gasteiger partial charge in [-0.1, -0.05) is 13.0 Å². The fourth-order valence-corrected chi connectivity index (χ4v) is 1.73. The van der Waals surface area contributed by atoms with Crippen LogP contribution in [0, 0.1) is 10.1 Å². The van der Waals surface area contributed by atoms with Crippen molar-refractivity contribution in [2.24, 2.45) is 0 Å². The summed E-state index contributed by atoms with van der Waals surface area (Å²) in [4.78, 5) is 12.6. The Hall–Kier alpha value is -1.82. The van der Waals surface area contributed by atoms with Gasteiger partial charge in [0.15, 0.2) is 5.75 Å². The van der Waals surface area contributed by atoms with Gasteiger partial charge in [-0.05, 0) is 32.4 Å². The third-order valence-electron chi connectivity index (χ3n) is 3.28. The number of nitro groups is 1. The summed E-state index contributed by atoms with van der Waals surface area (Å²) in [6.07, 6.45) is 0.777. The fraction of sp³-hybridized carbons (Fsp3) is 0.571. The second kappa shape index (κ2) is 6.56. The summed E-state index contributed by atoms with van der Waals surface area (Å²) >= 11 is 0. The minimum Gasteiger partial charge on any atom is -0.487 e. The first kappa shape index (κ1) is 16.2. The van der Waals surface area contributed by atoms with Gasteiger partial charge in [-0.25, -0.2) is 0 Å². The Morgan fingerprint density at radius 3 is 2.60 bits per heavy atom. The topological polar surface area (TPSA) is 75.8 Å². The van der Waals surface area contributed by atoms with Gasteiger partial charge in [0.2, 0.25) is 0 Å². The van der Waals surface area contributed by atoms with E-state index >= 15 is 0 Å². The third-order valence-corrected chi connectivity index (χ3v) is 3.28. The van der Waals surface area contributed by atoms with Gasteiger partial charge in [-0.15, -0.1) is 0 Å². The van der Waals surface area contributed by atoms with Crippen LogP contribution in [0.4, 0.5) is 11.4 Å². The van der Waals surface area contributed by atoms with Crippen LogP contribution in [0.25, 0.3) is 0 Å². The molecule has 20 heavy (non-hydrogen) atoms. The number of hydrogen-bond donors (Lipinski definition) is 1. The molecule has 0 aromatic heterocycles. The summed E-state index contributed by atoms with van der Waals surface area (Å²) in [7, 11) is 1.72. The number of anilines is 1. The van der Waals surface area contributed by atoms with Crippen molar-refractivity contribution in [3.05, 3.63) is 28.3 Å². The van der Waals surface area contributed by atoms with Gasteiger partial charge in [-0.2, -0.15) is 0 Å². The minimum absolute atomic E-state index is 0.0648. The summed E-state index contributed by atoms with van der Waals surface area (Å²) in [5, 5.41) is 20.8. The maximum atomic E-state index is 11.4. The van der Waals surface area contributed by atoms with Gasteiger partial charge in [-0.3, -0.25) is 10.1 Å². The number of para-hydroxylation sites is 1. The lowest BCUT2D eigenvalue weighted by Crippen LogP contribution is -2.44. The van der Waals surface area contributed by atoms with E-state index in [0.717, 1.165) is 6.42 Å². The molecule has 1 N–H and O–H groups in total. The zero-order valence-electron chi connectivity index (χ0n) is 12.4. The molecule has 0 unspecified atom stereocenters. The van der Waals surface area contributed by atoms with Crippen LogP contribution in [0.2, 0.25) is 0 Å². The molecule has 0 atom stereocenters. The molecule has 0 saturated carbocycles. The van der Waals surface area contributed by atoms with E-state index in [1.54, 1.807) is 30.1 Å². The van der Waals surface area contributed by atoms with E-state index in [0.29, 0.717) is 12.3 Å². The number of benzene rings is 1. The van der Waals surface area contributed by atoms with E-state index in [1.807, 2.05) is 20.8 Å². The predicted molar refractivity (Wildman–Crippen MR) is 78.5 cm³/mol. The van der Waals surface area contributed by atoms with Crippen molar-refractivity contribution < 1.29 is 14.8 Å². The Morgan fingerprint density at radius 1 is 1.45 bits per heavy atom. The molecule has 0 spiro atoms. The van der Waals surface area contributed by atoms with Gasteiger partial charge in [0.05, 0.1) is 23.7 Å². The highest BCUT2D eigenvalue weighted by molar-refractivity contribution is 5.70. The van der Waals surface area contributed by atoms with Crippen molar-refractivity contribution in [1.82, 2.24) is 0 Å². The van der Waals surface area contributed by atoms with Gasteiger partial charge in [0, 0.05) is 7.05 Å². The van der Waals surface area contributed by atoms with Crippen molar-refractivity contribution in [2.45, 2.75) is 32.7 Å². The molecular weight excluding hydrogens is 260 g/mol. The molecule has 1 rings (SSSR count). The van der Waals surface area contributed by atoms with E-state index in [4.69, 9.17) is 4.74 Å². The predicted octanol–water partition coefficient (Wildman–Crippen LogP) is 2.59. The largest absolute Gasteiger partial charge is 0.487 e. The monoisotopic (exact) mass is 282 g/mol. The van der Waals surface area contributed by atoms with Gasteiger partial charge < -0.3 is 14.7 Å². The van der Waals surface area contributed by atoms with Crippen molar-refractivity contribution in [3.8, 4) is 5.75 Å². The number of rotatable bonds is 7. The number of hydrogen-bond acceptors (Lipinski definition) is 5. The number of aliphatic hydroxyl groups excluding tert-OH is 1. The van der Waals surface area contributed by atoms with E-state index in [-0.39, 0.29) is 18.0 Å². The van der Waals surface area contributed by atoms with Crippen molar-refractivity contribution >= 4 is 11.4 Å². The van der Waals surface area contributed by atoms with Gasteiger partial charge >= 0.3 is 5.69 Å². The Bertz CT molecular complexity index is 474. The van der Waals surface area contributed by atoms with E-state index in [1.165, 1.54) is 0 Å². The molecule has 0 aliphatic carbocycles. The van der Waals surface area contributed by atoms with Crippen molar-refractivity contribution in [1.29, 1.82) is 0 Å². The molecule has 0 aliphatic heterocycles. The van der Waals surface area contributed by atoms with E-state index < -0.39 is 10.5 Å². The molecule has 0 saturated heterocycles. The first-order valence-electron chi connectivity index (χ1n) is 6.60. The lowest BCUT2D eigenvalue weighted by atomic mass is 10.0. The van der Waals surface area contributed by atoms with Crippen LogP contribution in [0.5, 0.6) is 5.75 Å². The lowest BCUT2D eigenvalue weighted by Gasteiger charge is -2.35. The molecule has 1 aromatic carbocycles. The average molecular weight is 282 g/mol. The number of nitrogens with zero attached hydrogens (tertiary/aromatic N) is 2. The third kappa shape index (κ3) is 3.39. The standard InChI is InChI=1S/C14H22N2O4/c1-5-9-20-12-8-6-7-11(13(12)16(18)19)15(4)14(2,3)10-17/h6-8,17H,5,9-10H2,1-4H3. The molecule has 0 aliphatic rings. The smallest absolute Gasteiger partial charge is 0.333 e. The molecule has 1 aromatic rings. The van der Waals surface area contributed by atoms with Crippen LogP contribution in [0.1, 0.15) is 27.2 Å². The van der Waals surface area contributed by atoms with Gasteiger partial charge in [0.25, 0.3) is 0 Å². The van der Waals surface area contributed by atoms with Crippen LogP contribution in [0.3, 0.4) is 0 Å². The summed E-state index contributed by atoms with van der Waals surface area (Å²) in [5.41, 5.74) is -0.235. The van der Waals surface area contributed by atoms with Crippen LogP contribution in [-0.4, -0.2) is 35.8 Å². The Balaban J connectivity index is 3.29. The van der Waals surface area contributed by atoms with Crippen molar-refractivity contribution in [3.63, 3.8) is 0 Å². The Labute approximate surface area is 119 Å². The first-order chi connectivity index (χ1) is 9.35. The fourth-order valence-electron chi connectivity index (χ4n) is 1.73. The van der Waals surface area contributed by atoms with E-state index in [9.17, 15) is 15.2 Å². The maximum absolute atomic E-state index is 11.4. The number of likely N-dealkylation sites (N-methyl/N-ethyl adjacent to an activating group) is 1. The number of ether oxygens (including phenoxy) is 1. The zero-order valence-corrected chi connectivity index (χ0v) is 12.4. The van der Waals surface area contributed by atoms with Crippen LogP contribution in [-0.2, 0) is 0 Å². The molecule has 112 valence electrons. The Morgan fingerprint density at radius 2 is 2.10 bits per heavy atom. The lowest BCUT2D eigenvalue weighted by molar-refractivity contribution is -0.385. The van der Waals surface area contributed by atoms with Crippen LogP contribution < -0.4 is 9.64 Å². The molecule has 6 heteroatoms. The van der Waals surface area contributed by atoms with Gasteiger partial charge in [0.1, 0.15) is 5.69 Å². The number of nitro benzene ring substituents is 1. The molecule has 0 amide bonds. The highest BCUT2D eigenvalue weighted by Crippen LogP contribution is 2.39. The summed E-state index contributed by atoms with van der Waals surface area (Å²) in [6.45, 7) is 5.89. The van der Waals surface area contributed by atoms with Crippen molar-refractivity contribution in [2.75, 3.05) is 25.2 Å². The molecule has 0 heterocycles. The molecular formula is C14H22N2O4. The summed E-state index contributed by atoms with van der Waals surface area (Å²) in [6, 6.07) is 4.97. The highest BCUT2D eigenvalue weighted by atomic mass is 16.6. The zero-order chi connectivity index (χ0) is 15.3. The SMILES string of the molecule is CCCOc1cccc(N(C)C(C)(C)CO)c1[N+](=O)[O-]. The van der Waals surface area contributed by atoms with Crippen LogP contribution in [0.15, 0.2) is 18.2 Å². The van der Waals surface area contributed by atoms with E-state index in [2.05, 4.69) is 0 Å². The summed E-state index contributed by atoms with van der Waals surface area (Å²) < 4.78 is 5.45. The minimum atomic E-state index is -0.603. The Kier molecular flexibility index (Phi) is 5.33. The maximum Gasteiger partial charge on any atom is 0.333 e. The first-order valence-corrected chi connectivity index (χ1v) is 6.60. The number of aliphatic hydroxyl groups is 1. The molecule has 0 bridgehead atoms. The molecule has 0 fully saturated rings. The average Bonchev–Trinajstić information content (AvgIpc) is 2.43. The highest BCUT2D eigenvalue weighted by Gasteiger charge is 2.30. The quantitative estimate of drug-likeness (QED) is 0.614. The summed E-state index contributed by atoms with van der Waals surface area (Å²) in [5.74, 6) is 0.259. The second-order valence-corrected chi connectivity index (χ2v) is 5.26. The van der Waals surface area contributed by atoms with Crippen LogP contribution >= 0.6 is 0 Å². The molecule has 0 radical (unpaired) electrons. The molecule has 6 nitrogen and oxygen atoms in total. The second-order valence-electron chi connectivity index (χ2n) is 5.26.